The van der Waals surface area contributed by atoms with Gasteiger partial charge in [-0.25, -0.2) is 0 Å². The van der Waals surface area contributed by atoms with Crippen molar-refractivity contribution in [3.05, 3.63) is 63.6 Å². The zero-order chi connectivity index (χ0) is 14.7. The zero-order valence-corrected chi connectivity index (χ0v) is 13.3. The highest BCUT2D eigenvalue weighted by molar-refractivity contribution is 9.10. The maximum Gasteiger partial charge on any atom is 0.133 e. The third-order valence-electron chi connectivity index (χ3n) is 3.71. The van der Waals surface area contributed by atoms with Crippen molar-refractivity contribution in [1.29, 1.82) is 0 Å². The highest BCUT2D eigenvalue weighted by atomic mass is 79.9. The predicted octanol–water partition coefficient (Wildman–Crippen LogP) is 3.60. The Kier molecular flexibility index (Phi) is 4.58. The molecule has 0 fully saturated rings. The number of hydrogen-bond donors (Lipinski definition) is 1. The molecule has 0 aromatic heterocycles. The third-order valence-corrected chi connectivity index (χ3v) is 4.33. The van der Waals surface area contributed by atoms with Gasteiger partial charge in [-0.2, -0.15) is 0 Å². The summed E-state index contributed by atoms with van der Waals surface area (Å²) >= 11 is 3.52. The van der Waals surface area contributed by atoms with Crippen LogP contribution in [-0.2, 0) is 17.7 Å². The van der Waals surface area contributed by atoms with Crippen LogP contribution in [0, 0.1) is 0 Å². The van der Waals surface area contributed by atoms with Crippen LogP contribution >= 0.6 is 15.9 Å². The second kappa shape index (κ2) is 6.60. The molecule has 4 heteroatoms. The smallest absolute Gasteiger partial charge is 0.133 e. The van der Waals surface area contributed by atoms with Gasteiger partial charge in [0.25, 0.3) is 0 Å². The predicted molar refractivity (Wildman–Crippen MR) is 86.4 cm³/mol. The Balaban J connectivity index is 1.71. The monoisotopic (exact) mass is 347 g/mol. The summed E-state index contributed by atoms with van der Waals surface area (Å²) in [6.07, 6.45) is 0.970. The molecule has 0 saturated carbocycles. The summed E-state index contributed by atoms with van der Waals surface area (Å²) in [4.78, 5) is 0. The number of ether oxygens (including phenoxy) is 2. The van der Waals surface area contributed by atoms with E-state index in [-0.39, 0.29) is 6.10 Å². The average Bonchev–Trinajstić information content (AvgIpc) is 2.53. The van der Waals surface area contributed by atoms with Crippen molar-refractivity contribution < 1.29 is 9.47 Å². The second-order valence-electron chi connectivity index (χ2n) is 5.09. The minimum absolute atomic E-state index is 0.00367. The first-order chi connectivity index (χ1) is 10.3. The maximum absolute atomic E-state index is 5.92. The van der Waals surface area contributed by atoms with Gasteiger partial charge in [0.05, 0.1) is 11.1 Å². The molecule has 1 unspecified atom stereocenters. The van der Waals surface area contributed by atoms with E-state index in [1.807, 2.05) is 24.3 Å². The van der Waals surface area contributed by atoms with Crippen molar-refractivity contribution in [2.24, 2.45) is 5.73 Å². The molecule has 0 bridgehead atoms. The van der Waals surface area contributed by atoms with E-state index >= 15 is 0 Å². The Morgan fingerprint density at radius 2 is 2.10 bits per heavy atom. The lowest BCUT2D eigenvalue weighted by Crippen LogP contribution is -2.21. The van der Waals surface area contributed by atoms with Crippen LogP contribution in [0.2, 0.25) is 0 Å². The molecule has 1 heterocycles. The highest BCUT2D eigenvalue weighted by Gasteiger charge is 2.21. The van der Waals surface area contributed by atoms with Crippen molar-refractivity contribution in [3.63, 3.8) is 0 Å². The number of hydrogen-bond acceptors (Lipinski definition) is 3. The Morgan fingerprint density at radius 3 is 2.90 bits per heavy atom. The van der Waals surface area contributed by atoms with E-state index in [2.05, 4.69) is 34.1 Å². The van der Waals surface area contributed by atoms with Crippen molar-refractivity contribution in [2.45, 2.75) is 19.1 Å². The number of rotatable bonds is 4. The molecular weight excluding hydrogens is 330 g/mol. The fourth-order valence-electron chi connectivity index (χ4n) is 2.57. The van der Waals surface area contributed by atoms with Crippen molar-refractivity contribution in [3.8, 4) is 5.75 Å². The molecule has 110 valence electrons. The summed E-state index contributed by atoms with van der Waals surface area (Å²) in [6, 6.07) is 14.3. The summed E-state index contributed by atoms with van der Waals surface area (Å²) in [5.74, 6) is 0.818. The van der Waals surface area contributed by atoms with Gasteiger partial charge in [-0.3, -0.25) is 0 Å². The van der Waals surface area contributed by atoms with Crippen molar-refractivity contribution in [1.82, 2.24) is 0 Å². The van der Waals surface area contributed by atoms with Crippen LogP contribution < -0.4 is 10.5 Å². The lowest BCUT2D eigenvalue weighted by atomic mass is 9.98. The van der Waals surface area contributed by atoms with Gasteiger partial charge in [0, 0.05) is 6.54 Å². The summed E-state index contributed by atoms with van der Waals surface area (Å²) in [5, 5.41) is 0. The van der Waals surface area contributed by atoms with E-state index in [4.69, 9.17) is 15.2 Å². The maximum atomic E-state index is 5.92. The molecule has 2 aromatic rings. The molecule has 0 radical (unpaired) electrons. The second-order valence-corrected chi connectivity index (χ2v) is 5.94. The molecule has 1 aliphatic rings. The number of fused-ring (bicyclic) bond motifs is 1. The van der Waals surface area contributed by atoms with Gasteiger partial charge in [-0.15, -0.1) is 0 Å². The van der Waals surface area contributed by atoms with E-state index in [1.165, 1.54) is 11.1 Å². The third kappa shape index (κ3) is 3.28. The molecular formula is C17H18BrNO2. The Bertz CT molecular complexity index is 630. The molecule has 2 N–H and O–H groups in total. The fourth-order valence-corrected chi connectivity index (χ4v) is 3.11. The normalized spacial score (nSPS) is 17.3. The average molecular weight is 348 g/mol. The number of nitrogens with two attached hydrogens (primary N) is 1. The molecule has 0 saturated heterocycles. The van der Waals surface area contributed by atoms with E-state index in [9.17, 15) is 0 Å². The largest absolute Gasteiger partial charge is 0.489 e. The first kappa shape index (κ1) is 14.6. The van der Waals surface area contributed by atoms with E-state index in [1.54, 1.807) is 0 Å². The van der Waals surface area contributed by atoms with Crippen LogP contribution in [0.25, 0.3) is 0 Å². The van der Waals surface area contributed by atoms with Crippen LogP contribution in [0.1, 0.15) is 22.8 Å². The quantitative estimate of drug-likeness (QED) is 0.918. The molecule has 1 atom stereocenters. The van der Waals surface area contributed by atoms with Gasteiger partial charge < -0.3 is 15.2 Å². The summed E-state index contributed by atoms with van der Waals surface area (Å²) in [7, 11) is 0. The van der Waals surface area contributed by atoms with E-state index in [0.29, 0.717) is 13.2 Å². The van der Waals surface area contributed by atoms with Crippen LogP contribution in [-0.4, -0.2) is 13.2 Å². The Hall–Kier alpha value is -1.36. The lowest BCUT2D eigenvalue weighted by molar-refractivity contribution is 0.0100. The molecule has 0 amide bonds. The Morgan fingerprint density at radius 1 is 1.24 bits per heavy atom. The first-order valence-corrected chi connectivity index (χ1v) is 7.88. The highest BCUT2D eigenvalue weighted by Crippen LogP contribution is 2.30. The first-order valence-electron chi connectivity index (χ1n) is 7.08. The van der Waals surface area contributed by atoms with Gasteiger partial charge in [-0.1, -0.05) is 30.3 Å². The van der Waals surface area contributed by atoms with Crippen LogP contribution in [0.15, 0.2) is 46.9 Å². The van der Waals surface area contributed by atoms with Crippen LogP contribution in [0.5, 0.6) is 5.75 Å². The number of benzene rings is 2. The molecule has 2 aromatic carbocycles. The molecule has 0 spiro atoms. The van der Waals surface area contributed by atoms with Gasteiger partial charge >= 0.3 is 0 Å². The summed E-state index contributed by atoms with van der Waals surface area (Å²) in [6.45, 7) is 1.79. The van der Waals surface area contributed by atoms with Crippen LogP contribution in [0.3, 0.4) is 0 Å². The standard InChI is InChI=1S/C17H18BrNO2/c18-15-9-12(10-19)5-6-16(15)21-11-17-14-4-2-1-3-13(14)7-8-20-17/h1-6,9,17H,7-8,10-11,19H2. The zero-order valence-electron chi connectivity index (χ0n) is 11.7. The number of halogens is 1. The topological polar surface area (TPSA) is 44.5 Å². The van der Waals surface area contributed by atoms with Gasteiger partial charge in [0.15, 0.2) is 0 Å². The molecule has 3 nitrogen and oxygen atoms in total. The van der Waals surface area contributed by atoms with Crippen molar-refractivity contribution >= 4 is 15.9 Å². The van der Waals surface area contributed by atoms with Gasteiger partial charge in [0.1, 0.15) is 18.5 Å². The molecule has 1 aliphatic heterocycles. The van der Waals surface area contributed by atoms with Gasteiger partial charge in [0.2, 0.25) is 0 Å². The molecule has 3 rings (SSSR count). The fraction of sp³-hybridized carbons (Fsp3) is 0.294. The van der Waals surface area contributed by atoms with Crippen molar-refractivity contribution in [2.75, 3.05) is 13.2 Å². The van der Waals surface area contributed by atoms with Gasteiger partial charge in [-0.05, 0) is 51.2 Å². The minimum atomic E-state index is -0.00367. The Labute approximate surface area is 133 Å². The van der Waals surface area contributed by atoms with E-state index < -0.39 is 0 Å². The SMILES string of the molecule is NCc1ccc(OCC2OCCc3ccccc32)c(Br)c1. The van der Waals surface area contributed by atoms with E-state index in [0.717, 1.165) is 28.8 Å². The summed E-state index contributed by atoms with van der Waals surface area (Å²) < 4.78 is 12.7. The summed E-state index contributed by atoms with van der Waals surface area (Å²) in [5.41, 5.74) is 9.30. The lowest BCUT2D eigenvalue weighted by Gasteiger charge is -2.26. The molecule has 21 heavy (non-hydrogen) atoms. The van der Waals surface area contributed by atoms with Crippen LogP contribution in [0.4, 0.5) is 0 Å². The minimum Gasteiger partial charge on any atom is -0.489 e. The molecule has 0 aliphatic carbocycles.